The summed E-state index contributed by atoms with van der Waals surface area (Å²) in [4.78, 5) is 5.80. The van der Waals surface area contributed by atoms with E-state index in [1.807, 2.05) is 13.0 Å². The highest BCUT2D eigenvalue weighted by atomic mass is 32.1. The lowest BCUT2D eigenvalue weighted by Crippen LogP contribution is -2.36. The molecule has 0 bridgehead atoms. The van der Waals surface area contributed by atoms with Gasteiger partial charge in [0.2, 0.25) is 0 Å². The van der Waals surface area contributed by atoms with Gasteiger partial charge in [-0.3, -0.25) is 0 Å². The van der Waals surface area contributed by atoms with Crippen molar-refractivity contribution in [1.82, 2.24) is 10.6 Å². The summed E-state index contributed by atoms with van der Waals surface area (Å²) < 4.78 is 18.6. The Morgan fingerprint density at radius 2 is 2.17 bits per heavy atom. The Morgan fingerprint density at radius 3 is 2.87 bits per heavy atom. The second-order valence-corrected chi connectivity index (χ2v) is 6.02. The molecule has 124 valence electrons. The van der Waals surface area contributed by atoms with E-state index >= 15 is 0 Å². The molecule has 0 fully saturated rings. The molecule has 2 N–H and O–H groups in total. The molecule has 0 spiro atoms. The minimum absolute atomic E-state index is 0.248. The average Bonchev–Trinajstić information content (AvgIpc) is 3.06. The average molecular weight is 335 g/mol. The van der Waals surface area contributed by atoms with Crippen LogP contribution >= 0.6 is 11.3 Å². The van der Waals surface area contributed by atoms with Gasteiger partial charge in [0.05, 0.1) is 19.7 Å². The molecule has 1 heterocycles. The van der Waals surface area contributed by atoms with E-state index in [1.165, 1.54) is 10.9 Å². The molecule has 4 nitrogen and oxygen atoms in total. The van der Waals surface area contributed by atoms with Crippen LogP contribution in [-0.2, 0) is 24.4 Å². The zero-order valence-corrected chi connectivity index (χ0v) is 14.3. The zero-order chi connectivity index (χ0) is 16.5. The van der Waals surface area contributed by atoms with Crippen LogP contribution in [0.1, 0.15) is 22.9 Å². The Morgan fingerprint density at radius 1 is 1.30 bits per heavy atom. The van der Waals surface area contributed by atoms with Crippen LogP contribution in [0.15, 0.2) is 40.7 Å². The summed E-state index contributed by atoms with van der Waals surface area (Å²) in [6, 6.07) is 9.12. The van der Waals surface area contributed by atoms with E-state index in [1.54, 1.807) is 30.6 Å². The zero-order valence-electron chi connectivity index (χ0n) is 13.4. The standard InChI is InChI=1S/C17H22FN3OS/c1-3-19-17(21-11-15-5-4-8-23-15)20-10-13-6-7-16(18)14(9-13)12-22-2/h4-9H,3,10-12H2,1-2H3,(H2,19,20,21). The van der Waals surface area contributed by atoms with Crippen LogP contribution in [0, 0.1) is 5.82 Å². The molecule has 0 aliphatic rings. The maximum absolute atomic E-state index is 13.6. The van der Waals surface area contributed by atoms with E-state index in [9.17, 15) is 4.39 Å². The maximum Gasteiger partial charge on any atom is 0.191 e. The molecule has 0 atom stereocenters. The van der Waals surface area contributed by atoms with Crippen LogP contribution in [0.4, 0.5) is 4.39 Å². The number of thiophene rings is 1. The van der Waals surface area contributed by atoms with Gasteiger partial charge in [-0.1, -0.05) is 12.1 Å². The molecule has 0 radical (unpaired) electrons. The van der Waals surface area contributed by atoms with Crippen LogP contribution in [0.3, 0.4) is 0 Å². The molecule has 0 aliphatic heterocycles. The third-order valence-corrected chi connectivity index (χ3v) is 4.06. The van der Waals surface area contributed by atoms with Gasteiger partial charge in [-0.15, -0.1) is 11.3 Å². The van der Waals surface area contributed by atoms with E-state index in [-0.39, 0.29) is 12.4 Å². The highest BCUT2D eigenvalue weighted by Crippen LogP contribution is 2.12. The van der Waals surface area contributed by atoms with Crippen LogP contribution in [0.5, 0.6) is 0 Å². The van der Waals surface area contributed by atoms with Crippen LogP contribution in [-0.4, -0.2) is 19.6 Å². The second-order valence-electron chi connectivity index (χ2n) is 4.99. The molecule has 0 aliphatic carbocycles. The Labute approximate surface area is 140 Å². The number of nitrogens with one attached hydrogen (secondary N) is 2. The van der Waals surface area contributed by atoms with Crippen molar-refractivity contribution in [3.05, 3.63) is 57.5 Å². The molecule has 2 aromatic rings. The summed E-state index contributed by atoms with van der Waals surface area (Å²) in [6.45, 7) is 4.30. The highest BCUT2D eigenvalue weighted by Gasteiger charge is 2.04. The van der Waals surface area contributed by atoms with Crippen LogP contribution in [0.25, 0.3) is 0 Å². The topological polar surface area (TPSA) is 45.7 Å². The van der Waals surface area contributed by atoms with E-state index in [0.29, 0.717) is 12.1 Å². The van der Waals surface area contributed by atoms with Gasteiger partial charge in [0.15, 0.2) is 5.96 Å². The molecular weight excluding hydrogens is 313 g/mol. The summed E-state index contributed by atoms with van der Waals surface area (Å²) in [7, 11) is 1.56. The summed E-state index contributed by atoms with van der Waals surface area (Å²) >= 11 is 1.71. The van der Waals surface area contributed by atoms with E-state index in [2.05, 4.69) is 27.1 Å². The van der Waals surface area contributed by atoms with Crippen molar-refractivity contribution in [2.45, 2.75) is 26.6 Å². The van der Waals surface area contributed by atoms with Gasteiger partial charge in [-0.05, 0) is 36.1 Å². The fourth-order valence-corrected chi connectivity index (χ4v) is 2.73. The number of benzene rings is 1. The molecule has 0 unspecified atom stereocenters. The smallest absolute Gasteiger partial charge is 0.191 e. The van der Waals surface area contributed by atoms with Gasteiger partial charge in [0.25, 0.3) is 0 Å². The van der Waals surface area contributed by atoms with Crippen LogP contribution in [0.2, 0.25) is 0 Å². The minimum Gasteiger partial charge on any atom is -0.380 e. The Bertz CT molecular complexity index is 629. The quantitative estimate of drug-likeness (QED) is 0.603. The predicted octanol–water partition coefficient (Wildman–Crippen LogP) is 3.29. The molecule has 6 heteroatoms. The van der Waals surface area contributed by atoms with Crippen LogP contribution < -0.4 is 10.6 Å². The van der Waals surface area contributed by atoms with Gasteiger partial charge in [-0.2, -0.15) is 0 Å². The molecule has 2 rings (SSSR count). The first-order valence-electron chi connectivity index (χ1n) is 7.53. The summed E-state index contributed by atoms with van der Waals surface area (Å²) in [6.07, 6.45) is 0. The van der Waals surface area contributed by atoms with Gasteiger partial charge >= 0.3 is 0 Å². The summed E-state index contributed by atoms with van der Waals surface area (Å²) in [5.41, 5.74) is 1.50. The monoisotopic (exact) mass is 335 g/mol. The van der Waals surface area contributed by atoms with Gasteiger partial charge < -0.3 is 15.4 Å². The number of ether oxygens (including phenoxy) is 1. The lowest BCUT2D eigenvalue weighted by molar-refractivity contribution is 0.181. The molecular formula is C17H22FN3OS. The lowest BCUT2D eigenvalue weighted by Gasteiger charge is -2.11. The Hall–Kier alpha value is -1.92. The molecule has 0 amide bonds. The normalized spacial score (nSPS) is 11.5. The maximum atomic E-state index is 13.6. The third-order valence-electron chi connectivity index (χ3n) is 3.18. The fraction of sp³-hybridized carbons (Fsp3) is 0.353. The largest absolute Gasteiger partial charge is 0.380 e. The second kappa shape index (κ2) is 9.27. The van der Waals surface area contributed by atoms with E-state index < -0.39 is 0 Å². The summed E-state index contributed by atoms with van der Waals surface area (Å²) in [5, 5.41) is 8.56. The van der Waals surface area contributed by atoms with Crippen molar-refractivity contribution >= 4 is 17.3 Å². The van der Waals surface area contributed by atoms with Crippen molar-refractivity contribution in [3.8, 4) is 0 Å². The predicted molar refractivity (Wildman–Crippen MR) is 93.1 cm³/mol. The summed E-state index contributed by atoms with van der Waals surface area (Å²) in [5.74, 6) is 0.501. The van der Waals surface area contributed by atoms with Crippen molar-refractivity contribution in [2.75, 3.05) is 13.7 Å². The number of hydrogen-bond donors (Lipinski definition) is 2. The van der Waals surface area contributed by atoms with Crippen molar-refractivity contribution in [1.29, 1.82) is 0 Å². The van der Waals surface area contributed by atoms with Crippen molar-refractivity contribution in [3.63, 3.8) is 0 Å². The first-order chi connectivity index (χ1) is 11.2. The first-order valence-corrected chi connectivity index (χ1v) is 8.41. The first kappa shape index (κ1) is 17.4. The molecule has 23 heavy (non-hydrogen) atoms. The van der Waals surface area contributed by atoms with E-state index in [4.69, 9.17) is 4.74 Å². The molecule has 1 aromatic carbocycles. The van der Waals surface area contributed by atoms with Gasteiger partial charge in [-0.25, -0.2) is 9.38 Å². The third kappa shape index (κ3) is 5.65. The number of methoxy groups -OCH3 is 1. The lowest BCUT2D eigenvalue weighted by atomic mass is 10.1. The van der Waals surface area contributed by atoms with Crippen molar-refractivity contribution < 1.29 is 9.13 Å². The minimum atomic E-state index is -0.248. The number of halogens is 1. The molecule has 1 aromatic heterocycles. The van der Waals surface area contributed by atoms with Crippen molar-refractivity contribution in [2.24, 2.45) is 4.99 Å². The van der Waals surface area contributed by atoms with Gasteiger partial charge in [0.1, 0.15) is 5.82 Å². The van der Waals surface area contributed by atoms with Gasteiger partial charge in [0, 0.05) is 24.1 Å². The highest BCUT2D eigenvalue weighted by molar-refractivity contribution is 7.09. The SMILES string of the molecule is CCNC(=NCc1ccc(F)c(COC)c1)NCc1cccs1. The molecule has 0 saturated heterocycles. The number of aliphatic imine (C=N–C) groups is 1. The number of rotatable bonds is 7. The molecule has 0 saturated carbocycles. The fourth-order valence-electron chi connectivity index (χ4n) is 2.09. The Balaban J connectivity index is 2.00. The number of nitrogens with zero attached hydrogens (tertiary/aromatic N) is 1. The number of hydrogen-bond acceptors (Lipinski definition) is 3. The number of guanidine groups is 1. The Kier molecular flexibility index (Phi) is 7.03. The van der Waals surface area contributed by atoms with E-state index in [0.717, 1.165) is 24.6 Å².